The highest BCUT2D eigenvalue weighted by atomic mass is 16.3. The van der Waals surface area contributed by atoms with Gasteiger partial charge in [0, 0.05) is 19.3 Å². The summed E-state index contributed by atoms with van der Waals surface area (Å²) in [6, 6.07) is 1.42. The first-order valence-corrected chi connectivity index (χ1v) is 6.22. The van der Waals surface area contributed by atoms with Crippen molar-refractivity contribution in [2.24, 2.45) is 5.41 Å². The highest BCUT2D eigenvalue weighted by Gasteiger charge is 2.27. The van der Waals surface area contributed by atoms with E-state index in [1.165, 1.54) is 18.5 Å². The number of amides is 1. The minimum absolute atomic E-state index is 0.00759. The normalized spacial score (nSPS) is 23.6. The molecule has 1 aromatic heterocycles. The number of carbonyl (C=O) groups excluding carboxylic acids is 1. The number of carbonyl (C=O) groups is 1. The first-order valence-electron chi connectivity index (χ1n) is 6.22. The highest BCUT2D eigenvalue weighted by Crippen LogP contribution is 2.24. The van der Waals surface area contributed by atoms with E-state index in [1.54, 1.807) is 0 Å². The van der Waals surface area contributed by atoms with Crippen LogP contribution in [0.25, 0.3) is 0 Å². The Labute approximate surface area is 107 Å². The van der Waals surface area contributed by atoms with Crippen LogP contribution in [0.5, 0.6) is 5.75 Å². The number of rotatable bonds is 3. The molecule has 2 rings (SSSR count). The van der Waals surface area contributed by atoms with Gasteiger partial charge in [-0.3, -0.25) is 9.78 Å². The van der Waals surface area contributed by atoms with Crippen molar-refractivity contribution in [1.29, 1.82) is 0 Å². The van der Waals surface area contributed by atoms with Crippen LogP contribution in [0.15, 0.2) is 18.5 Å². The first-order chi connectivity index (χ1) is 8.59. The Hall–Kier alpha value is -1.62. The molecule has 1 fully saturated rings. The molecule has 98 valence electrons. The fourth-order valence-electron chi connectivity index (χ4n) is 2.22. The number of aromatic nitrogens is 1. The third-order valence-electron chi connectivity index (χ3n) is 3.35. The summed E-state index contributed by atoms with van der Waals surface area (Å²) in [5.41, 5.74) is 0.500. The summed E-state index contributed by atoms with van der Waals surface area (Å²) in [6.07, 6.45) is 5.01. The summed E-state index contributed by atoms with van der Waals surface area (Å²) in [5.74, 6) is -0.182. The second-order valence-electron chi connectivity index (χ2n) is 5.21. The van der Waals surface area contributed by atoms with E-state index in [0.29, 0.717) is 12.1 Å². The lowest BCUT2D eigenvalue weighted by molar-refractivity contribution is 0.0924. The molecule has 5 nitrogen and oxygen atoms in total. The van der Waals surface area contributed by atoms with Crippen molar-refractivity contribution in [3.05, 3.63) is 24.0 Å². The van der Waals surface area contributed by atoms with Crippen molar-refractivity contribution in [1.82, 2.24) is 15.6 Å². The van der Waals surface area contributed by atoms with Crippen LogP contribution in [0.3, 0.4) is 0 Å². The van der Waals surface area contributed by atoms with E-state index in [2.05, 4.69) is 22.5 Å². The number of aromatic hydroxyl groups is 1. The zero-order chi connectivity index (χ0) is 13.0. The van der Waals surface area contributed by atoms with Crippen LogP contribution in [-0.2, 0) is 0 Å². The topological polar surface area (TPSA) is 74.2 Å². The largest absolute Gasteiger partial charge is 0.506 e. The maximum atomic E-state index is 11.9. The Kier molecular flexibility index (Phi) is 3.81. The predicted octanol–water partition coefficient (Wildman–Crippen LogP) is 0.907. The quantitative estimate of drug-likeness (QED) is 0.744. The van der Waals surface area contributed by atoms with Crippen LogP contribution in [0, 0.1) is 5.41 Å². The van der Waals surface area contributed by atoms with Gasteiger partial charge in [-0.1, -0.05) is 6.92 Å². The smallest absolute Gasteiger partial charge is 0.253 e. The van der Waals surface area contributed by atoms with Crippen LogP contribution < -0.4 is 10.6 Å². The Balaban J connectivity index is 1.92. The number of piperidine rings is 1. The fourth-order valence-corrected chi connectivity index (χ4v) is 2.22. The van der Waals surface area contributed by atoms with Crippen molar-refractivity contribution in [3.8, 4) is 5.75 Å². The van der Waals surface area contributed by atoms with Gasteiger partial charge in [-0.2, -0.15) is 0 Å². The summed E-state index contributed by atoms with van der Waals surface area (Å²) >= 11 is 0. The molecule has 3 N–H and O–H groups in total. The molecule has 0 aliphatic carbocycles. The van der Waals surface area contributed by atoms with Gasteiger partial charge in [0.1, 0.15) is 5.75 Å². The van der Waals surface area contributed by atoms with Crippen LogP contribution in [0.2, 0.25) is 0 Å². The molecule has 0 spiro atoms. The number of nitrogens with zero attached hydrogens (tertiary/aromatic N) is 1. The van der Waals surface area contributed by atoms with Crippen molar-refractivity contribution >= 4 is 5.91 Å². The van der Waals surface area contributed by atoms with E-state index < -0.39 is 0 Å². The molecule has 0 saturated carbocycles. The molecule has 18 heavy (non-hydrogen) atoms. The molecule has 1 amide bonds. The minimum Gasteiger partial charge on any atom is -0.506 e. The van der Waals surface area contributed by atoms with Crippen molar-refractivity contribution in [3.63, 3.8) is 0 Å². The number of nitrogens with one attached hydrogen (secondary N) is 2. The molecule has 0 radical (unpaired) electrons. The third kappa shape index (κ3) is 3.20. The van der Waals surface area contributed by atoms with Crippen LogP contribution >= 0.6 is 0 Å². The highest BCUT2D eigenvalue weighted by molar-refractivity contribution is 5.94. The summed E-state index contributed by atoms with van der Waals surface area (Å²) in [4.78, 5) is 15.7. The minimum atomic E-state index is -0.190. The van der Waals surface area contributed by atoms with Gasteiger partial charge in [-0.15, -0.1) is 0 Å². The number of pyridine rings is 1. The predicted molar refractivity (Wildman–Crippen MR) is 68.4 cm³/mol. The van der Waals surface area contributed by atoms with Gasteiger partial charge in [0.25, 0.3) is 5.91 Å². The molecule has 1 unspecified atom stereocenters. The second-order valence-corrected chi connectivity index (χ2v) is 5.21. The van der Waals surface area contributed by atoms with Crippen molar-refractivity contribution in [2.45, 2.75) is 19.8 Å². The van der Waals surface area contributed by atoms with E-state index >= 15 is 0 Å². The van der Waals surface area contributed by atoms with E-state index in [4.69, 9.17) is 0 Å². The van der Waals surface area contributed by atoms with E-state index in [9.17, 15) is 9.90 Å². The summed E-state index contributed by atoms with van der Waals surface area (Å²) < 4.78 is 0. The number of hydrogen-bond donors (Lipinski definition) is 3. The van der Waals surface area contributed by atoms with E-state index in [-0.39, 0.29) is 17.1 Å². The molecule has 1 aromatic rings. The van der Waals surface area contributed by atoms with Gasteiger partial charge in [0.2, 0.25) is 0 Å². The van der Waals surface area contributed by atoms with Gasteiger partial charge in [-0.05, 0) is 30.9 Å². The maximum Gasteiger partial charge on any atom is 0.253 e. The lowest BCUT2D eigenvalue weighted by Gasteiger charge is -2.34. The molecular weight excluding hydrogens is 230 g/mol. The van der Waals surface area contributed by atoms with Gasteiger partial charge in [-0.25, -0.2) is 0 Å². The van der Waals surface area contributed by atoms with Gasteiger partial charge >= 0.3 is 0 Å². The van der Waals surface area contributed by atoms with E-state index in [0.717, 1.165) is 25.9 Å². The van der Waals surface area contributed by atoms with Crippen molar-refractivity contribution < 1.29 is 9.90 Å². The molecule has 1 aliphatic heterocycles. The average Bonchev–Trinajstić information content (AvgIpc) is 2.37. The fraction of sp³-hybridized carbons (Fsp3) is 0.538. The summed E-state index contributed by atoms with van der Waals surface area (Å²) in [7, 11) is 0. The zero-order valence-electron chi connectivity index (χ0n) is 10.6. The van der Waals surface area contributed by atoms with Crippen LogP contribution in [0.1, 0.15) is 30.1 Å². The molecule has 1 atom stereocenters. The van der Waals surface area contributed by atoms with Crippen LogP contribution in [-0.4, -0.2) is 35.6 Å². The molecule has 0 aromatic carbocycles. The Bertz CT molecular complexity index is 428. The summed E-state index contributed by atoms with van der Waals surface area (Å²) in [6.45, 7) is 4.78. The first kappa shape index (κ1) is 12.8. The Morgan fingerprint density at radius 3 is 3.11 bits per heavy atom. The zero-order valence-corrected chi connectivity index (χ0v) is 10.6. The SMILES string of the molecule is CC1(CNC(=O)c2cncc(O)c2)CCCNC1. The third-order valence-corrected chi connectivity index (χ3v) is 3.35. The average molecular weight is 249 g/mol. The van der Waals surface area contributed by atoms with Crippen LogP contribution in [0.4, 0.5) is 0 Å². The molecule has 1 saturated heterocycles. The molecule has 2 heterocycles. The molecule has 0 bridgehead atoms. The molecule has 5 heteroatoms. The maximum absolute atomic E-state index is 11.9. The number of hydrogen-bond acceptors (Lipinski definition) is 4. The molecule has 1 aliphatic rings. The van der Waals surface area contributed by atoms with E-state index in [1.807, 2.05) is 0 Å². The molecular formula is C13H19N3O2. The van der Waals surface area contributed by atoms with Gasteiger partial charge < -0.3 is 15.7 Å². The van der Waals surface area contributed by atoms with Crippen molar-refractivity contribution in [2.75, 3.05) is 19.6 Å². The van der Waals surface area contributed by atoms with Gasteiger partial charge in [0.05, 0.1) is 11.8 Å². The van der Waals surface area contributed by atoms with Gasteiger partial charge in [0.15, 0.2) is 0 Å². The lowest BCUT2D eigenvalue weighted by atomic mass is 9.83. The monoisotopic (exact) mass is 249 g/mol. The Morgan fingerprint density at radius 1 is 1.61 bits per heavy atom. The summed E-state index contributed by atoms with van der Waals surface area (Å²) in [5, 5.41) is 15.5. The lowest BCUT2D eigenvalue weighted by Crippen LogP contribution is -2.45. The Morgan fingerprint density at radius 2 is 2.44 bits per heavy atom. The standard InChI is InChI=1S/C13H19N3O2/c1-13(3-2-4-14-8-13)9-16-12(18)10-5-11(17)7-15-6-10/h5-7,14,17H,2-4,8-9H2,1H3,(H,16,18). The second kappa shape index (κ2) is 5.35.